The Bertz CT molecular complexity index is 1100. The summed E-state index contributed by atoms with van der Waals surface area (Å²) in [5, 5.41) is 11.8. The molecule has 2 N–H and O–H groups in total. The first-order valence-electron chi connectivity index (χ1n) is 11.9. The van der Waals surface area contributed by atoms with Gasteiger partial charge in [-0.15, -0.1) is 0 Å². The SMILES string of the molecule is CC(c1ccc(-c2ccc(F)cc2F)cc1)N1CCC(CCNCCO)OC1=O.Fc1ccccc1. The van der Waals surface area contributed by atoms with Gasteiger partial charge in [-0.3, -0.25) is 0 Å². The molecule has 0 aromatic heterocycles. The fourth-order valence-corrected chi connectivity index (χ4v) is 3.93. The average Bonchev–Trinajstić information content (AvgIpc) is 2.87. The fourth-order valence-electron chi connectivity index (χ4n) is 3.93. The third-order valence-corrected chi connectivity index (χ3v) is 5.96. The van der Waals surface area contributed by atoms with E-state index in [0.717, 1.165) is 18.1 Å². The molecule has 0 radical (unpaired) electrons. The number of aliphatic hydroxyl groups is 1. The highest BCUT2D eigenvalue weighted by Crippen LogP contribution is 2.29. The normalized spacial score (nSPS) is 16.1. The molecule has 8 heteroatoms. The summed E-state index contributed by atoms with van der Waals surface area (Å²) in [4.78, 5) is 14.1. The molecule has 0 saturated carbocycles. The molecule has 1 aliphatic rings. The number of rotatable bonds is 8. The summed E-state index contributed by atoms with van der Waals surface area (Å²) in [7, 11) is 0. The molecule has 1 saturated heterocycles. The van der Waals surface area contributed by atoms with Gasteiger partial charge in [-0.25, -0.2) is 18.0 Å². The zero-order chi connectivity index (χ0) is 25.9. The van der Waals surface area contributed by atoms with E-state index in [1.54, 1.807) is 35.2 Å². The third-order valence-electron chi connectivity index (χ3n) is 5.96. The van der Waals surface area contributed by atoms with Crippen molar-refractivity contribution >= 4 is 6.09 Å². The standard InChI is InChI=1S/C22H26F2N2O3.C6H5F/c1-15(26-12-9-19(29-22(26)28)8-10-25-11-13-27)16-2-4-17(5-3-16)20-7-6-18(23)14-21(20)24;7-6-4-2-1-3-5-6/h2-7,14-15,19,25,27H,8-13H2,1H3;1-5H. The summed E-state index contributed by atoms with van der Waals surface area (Å²) in [6.45, 7) is 3.83. The van der Waals surface area contributed by atoms with Crippen molar-refractivity contribution < 1.29 is 27.8 Å². The number of amides is 1. The van der Waals surface area contributed by atoms with Crippen LogP contribution < -0.4 is 5.32 Å². The lowest BCUT2D eigenvalue weighted by atomic mass is 10.00. The lowest BCUT2D eigenvalue weighted by Crippen LogP contribution is -2.44. The molecule has 3 aromatic carbocycles. The predicted octanol–water partition coefficient (Wildman–Crippen LogP) is 5.70. The summed E-state index contributed by atoms with van der Waals surface area (Å²) in [6.07, 6.45) is 0.993. The van der Waals surface area contributed by atoms with Gasteiger partial charge in [-0.2, -0.15) is 0 Å². The van der Waals surface area contributed by atoms with Gasteiger partial charge in [-0.1, -0.05) is 42.5 Å². The van der Waals surface area contributed by atoms with Gasteiger partial charge in [0.2, 0.25) is 0 Å². The maximum Gasteiger partial charge on any atom is 0.410 e. The van der Waals surface area contributed by atoms with Gasteiger partial charge < -0.3 is 20.1 Å². The summed E-state index contributed by atoms with van der Waals surface area (Å²) in [6, 6.07) is 18.5. The number of benzene rings is 3. The van der Waals surface area contributed by atoms with E-state index in [0.29, 0.717) is 37.2 Å². The predicted molar refractivity (Wildman–Crippen MR) is 133 cm³/mol. The Morgan fingerprint density at radius 3 is 2.31 bits per heavy atom. The van der Waals surface area contributed by atoms with E-state index in [1.165, 1.54) is 24.3 Å². The van der Waals surface area contributed by atoms with E-state index in [2.05, 4.69) is 5.32 Å². The van der Waals surface area contributed by atoms with E-state index < -0.39 is 11.6 Å². The fraction of sp³-hybridized carbons (Fsp3) is 0.321. The van der Waals surface area contributed by atoms with Crippen molar-refractivity contribution in [3.8, 4) is 11.1 Å². The highest BCUT2D eigenvalue weighted by atomic mass is 19.1. The molecular formula is C28H31F3N2O3. The molecule has 2 unspecified atom stereocenters. The maximum atomic E-state index is 14.0. The number of carbonyl (C=O) groups is 1. The second kappa shape index (κ2) is 13.7. The van der Waals surface area contributed by atoms with Crippen molar-refractivity contribution in [1.82, 2.24) is 10.2 Å². The Hall–Kier alpha value is -3.36. The lowest BCUT2D eigenvalue weighted by Gasteiger charge is -2.36. The van der Waals surface area contributed by atoms with Crippen molar-refractivity contribution in [3.63, 3.8) is 0 Å². The molecule has 3 aromatic rings. The van der Waals surface area contributed by atoms with E-state index in [9.17, 15) is 18.0 Å². The van der Waals surface area contributed by atoms with Crippen LogP contribution in [0.3, 0.4) is 0 Å². The van der Waals surface area contributed by atoms with E-state index >= 15 is 0 Å². The number of halogens is 3. The Kier molecular flexibility index (Phi) is 10.3. The molecule has 0 bridgehead atoms. The maximum absolute atomic E-state index is 14.0. The number of nitrogens with one attached hydrogen (secondary N) is 1. The second-order valence-electron chi connectivity index (χ2n) is 8.47. The molecule has 192 valence electrons. The minimum Gasteiger partial charge on any atom is -0.446 e. The Morgan fingerprint density at radius 2 is 1.72 bits per heavy atom. The Labute approximate surface area is 209 Å². The van der Waals surface area contributed by atoms with Crippen molar-refractivity contribution in [3.05, 3.63) is 95.8 Å². The van der Waals surface area contributed by atoms with Crippen LogP contribution in [0.5, 0.6) is 0 Å². The molecule has 36 heavy (non-hydrogen) atoms. The molecule has 4 rings (SSSR count). The van der Waals surface area contributed by atoms with Gasteiger partial charge in [0.05, 0.1) is 12.6 Å². The molecule has 1 aliphatic heterocycles. The van der Waals surface area contributed by atoms with Crippen LogP contribution in [0.4, 0.5) is 18.0 Å². The molecule has 0 spiro atoms. The van der Waals surface area contributed by atoms with Crippen molar-refractivity contribution in [2.24, 2.45) is 0 Å². The highest BCUT2D eigenvalue weighted by Gasteiger charge is 2.30. The zero-order valence-corrected chi connectivity index (χ0v) is 20.2. The molecular weight excluding hydrogens is 469 g/mol. The summed E-state index contributed by atoms with van der Waals surface area (Å²) in [5.74, 6) is -1.39. The summed E-state index contributed by atoms with van der Waals surface area (Å²) in [5.41, 5.74) is 1.90. The third kappa shape index (κ3) is 7.83. The number of cyclic esters (lactones) is 1. The van der Waals surface area contributed by atoms with Crippen molar-refractivity contribution in [2.75, 3.05) is 26.2 Å². The van der Waals surface area contributed by atoms with Crippen LogP contribution in [-0.4, -0.2) is 48.4 Å². The summed E-state index contributed by atoms with van der Waals surface area (Å²) >= 11 is 0. The lowest BCUT2D eigenvalue weighted by molar-refractivity contribution is 0.0101. The van der Waals surface area contributed by atoms with E-state index in [-0.39, 0.29) is 30.7 Å². The van der Waals surface area contributed by atoms with Crippen molar-refractivity contribution in [1.29, 1.82) is 0 Å². The first-order chi connectivity index (χ1) is 17.4. The number of aliphatic hydroxyl groups excluding tert-OH is 1. The van der Waals surface area contributed by atoms with Crippen LogP contribution in [0.1, 0.15) is 31.4 Å². The largest absolute Gasteiger partial charge is 0.446 e. The monoisotopic (exact) mass is 500 g/mol. The quantitative estimate of drug-likeness (QED) is 0.390. The van der Waals surface area contributed by atoms with Gasteiger partial charge in [0.15, 0.2) is 0 Å². The number of ether oxygens (including phenoxy) is 1. The van der Waals surface area contributed by atoms with Gasteiger partial charge >= 0.3 is 6.09 Å². The molecule has 1 amide bonds. The summed E-state index contributed by atoms with van der Waals surface area (Å²) < 4.78 is 44.5. The van der Waals surface area contributed by atoms with Gasteiger partial charge in [0.25, 0.3) is 0 Å². The van der Waals surface area contributed by atoms with Crippen LogP contribution in [0.15, 0.2) is 72.8 Å². The Balaban J connectivity index is 0.000000444. The molecule has 2 atom stereocenters. The van der Waals surface area contributed by atoms with Crippen LogP contribution in [0, 0.1) is 17.5 Å². The topological polar surface area (TPSA) is 61.8 Å². The number of carbonyl (C=O) groups excluding carboxylic acids is 1. The van der Waals surface area contributed by atoms with Gasteiger partial charge in [0, 0.05) is 31.1 Å². The smallest absolute Gasteiger partial charge is 0.410 e. The first-order valence-corrected chi connectivity index (χ1v) is 11.9. The average molecular weight is 501 g/mol. The van der Waals surface area contributed by atoms with E-state index in [1.807, 2.05) is 19.1 Å². The minimum atomic E-state index is -0.609. The number of hydrogen-bond donors (Lipinski definition) is 2. The minimum absolute atomic E-state index is 0.0857. The van der Waals surface area contributed by atoms with Crippen LogP contribution in [0.25, 0.3) is 11.1 Å². The molecule has 0 aliphatic carbocycles. The first kappa shape index (κ1) is 27.2. The van der Waals surface area contributed by atoms with Gasteiger partial charge in [0.1, 0.15) is 23.6 Å². The van der Waals surface area contributed by atoms with Crippen LogP contribution in [0.2, 0.25) is 0 Å². The molecule has 1 fully saturated rings. The van der Waals surface area contributed by atoms with Gasteiger partial charge in [-0.05, 0) is 55.3 Å². The van der Waals surface area contributed by atoms with E-state index in [4.69, 9.17) is 9.84 Å². The number of hydrogen-bond acceptors (Lipinski definition) is 4. The molecule has 5 nitrogen and oxygen atoms in total. The molecule has 1 heterocycles. The van der Waals surface area contributed by atoms with Crippen molar-refractivity contribution in [2.45, 2.75) is 31.9 Å². The highest BCUT2D eigenvalue weighted by molar-refractivity contribution is 5.69. The number of nitrogens with zero attached hydrogens (tertiary/aromatic N) is 1. The van der Waals surface area contributed by atoms with Crippen LogP contribution >= 0.6 is 0 Å². The van der Waals surface area contributed by atoms with Crippen LogP contribution in [-0.2, 0) is 4.74 Å². The zero-order valence-electron chi connectivity index (χ0n) is 20.2. The Morgan fingerprint density at radius 1 is 1.00 bits per heavy atom. The second-order valence-corrected chi connectivity index (χ2v) is 8.47.